The molecule has 0 radical (unpaired) electrons. The van der Waals surface area contributed by atoms with Gasteiger partial charge < -0.3 is 5.73 Å². The number of alkyl halides is 2. The summed E-state index contributed by atoms with van der Waals surface area (Å²) in [5.74, 6) is 0. The minimum Gasteiger partial charge on any atom is -0.319 e. The van der Waals surface area contributed by atoms with Gasteiger partial charge in [-0.3, -0.25) is 0 Å². The number of benzene rings is 1. The molecule has 13 heavy (non-hydrogen) atoms. The predicted octanol–water partition coefficient (Wildman–Crippen LogP) is 3.02. The van der Waals surface area contributed by atoms with Crippen LogP contribution in [-0.2, 0) is 0 Å². The summed E-state index contributed by atoms with van der Waals surface area (Å²) >= 11 is 3.25. The molecule has 1 rings (SSSR count). The van der Waals surface area contributed by atoms with E-state index in [-0.39, 0.29) is 0 Å². The molecule has 1 aromatic carbocycles. The smallest absolute Gasteiger partial charge is 0.257 e. The molecule has 0 aromatic heterocycles. The molecule has 0 amide bonds. The third kappa shape index (κ3) is 2.48. The van der Waals surface area contributed by atoms with Crippen molar-refractivity contribution in [3.63, 3.8) is 0 Å². The van der Waals surface area contributed by atoms with E-state index in [1.807, 2.05) is 0 Å². The van der Waals surface area contributed by atoms with E-state index >= 15 is 0 Å². The molecule has 72 valence electrons. The Labute approximate surface area is 84.1 Å². The third-order valence-corrected chi connectivity index (χ3v) is 2.36. The zero-order chi connectivity index (χ0) is 10.0. The Bertz CT molecular complexity index is 302. The number of rotatable bonds is 2. The van der Waals surface area contributed by atoms with Gasteiger partial charge in [-0.1, -0.05) is 22.0 Å². The first-order valence-electron chi connectivity index (χ1n) is 3.82. The van der Waals surface area contributed by atoms with Gasteiger partial charge in [-0.25, -0.2) is 8.78 Å². The lowest BCUT2D eigenvalue weighted by atomic mass is 10.0. The van der Waals surface area contributed by atoms with Gasteiger partial charge in [-0.15, -0.1) is 0 Å². The number of aryl methyl sites for hydroxylation is 1. The number of hydrogen-bond donors (Lipinski definition) is 1. The number of halogens is 3. The van der Waals surface area contributed by atoms with Gasteiger partial charge in [-0.05, 0) is 30.2 Å². The van der Waals surface area contributed by atoms with Crippen molar-refractivity contribution < 1.29 is 8.78 Å². The third-order valence-electron chi connectivity index (χ3n) is 1.86. The Morgan fingerprint density at radius 1 is 1.38 bits per heavy atom. The van der Waals surface area contributed by atoms with Crippen LogP contribution in [0, 0.1) is 6.92 Å². The molecule has 0 saturated heterocycles. The van der Waals surface area contributed by atoms with Crippen LogP contribution in [0.2, 0.25) is 0 Å². The Balaban J connectivity index is 3.01. The van der Waals surface area contributed by atoms with E-state index < -0.39 is 12.5 Å². The van der Waals surface area contributed by atoms with Gasteiger partial charge in [-0.2, -0.15) is 0 Å². The molecule has 1 unspecified atom stereocenters. The topological polar surface area (TPSA) is 26.0 Å². The van der Waals surface area contributed by atoms with Crippen LogP contribution >= 0.6 is 15.9 Å². The normalized spacial score (nSPS) is 13.4. The van der Waals surface area contributed by atoms with Gasteiger partial charge in [0, 0.05) is 4.47 Å². The highest BCUT2D eigenvalue weighted by Gasteiger charge is 2.18. The van der Waals surface area contributed by atoms with Gasteiger partial charge in [0.15, 0.2) is 0 Å². The molecule has 1 atom stereocenters. The average Bonchev–Trinajstić information content (AvgIpc) is 2.03. The maximum absolute atomic E-state index is 12.3. The summed E-state index contributed by atoms with van der Waals surface area (Å²) in [6, 6.07) is 3.92. The quantitative estimate of drug-likeness (QED) is 0.857. The van der Waals surface area contributed by atoms with E-state index in [4.69, 9.17) is 5.73 Å². The second kappa shape index (κ2) is 4.15. The van der Waals surface area contributed by atoms with Gasteiger partial charge in [0.05, 0.1) is 6.04 Å². The van der Waals surface area contributed by atoms with E-state index in [1.54, 1.807) is 25.1 Å². The van der Waals surface area contributed by atoms with Crippen molar-refractivity contribution in [2.75, 3.05) is 0 Å². The summed E-state index contributed by atoms with van der Waals surface area (Å²) in [7, 11) is 0. The van der Waals surface area contributed by atoms with Crippen LogP contribution in [0.15, 0.2) is 22.7 Å². The van der Waals surface area contributed by atoms with Gasteiger partial charge in [0.25, 0.3) is 6.43 Å². The van der Waals surface area contributed by atoms with Crippen molar-refractivity contribution in [1.29, 1.82) is 0 Å². The maximum atomic E-state index is 12.3. The number of nitrogens with two attached hydrogens (primary N) is 1. The molecule has 0 aliphatic carbocycles. The van der Waals surface area contributed by atoms with Gasteiger partial charge >= 0.3 is 0 Å². The fraction of sp³-hybridized carbons (Fsp3) is 0.333. The molecule has 0 aliphatic rings. The van der Waals surface area contributed by atoms with E-state index in [0.717, 1.165) is 10.0 Å². The molecule has 0 saturated carbocycles. The van der Waals surface area contributed by atoms with Crippen molar-refractivity contribution in [2.24, 2.45) is 5.73 Å². The fourth-order valence-electron chi connectivity index (χ4n) is 1.15. The highest BCUT2D eigenvalue weighted by Crippen LogP contribution is 2.23. The number of hydrogen-bond acceptors (Lipinski definition) is 1. The SMILES string of the molecule is Cc1cc(Br)ccc1C(N)C(F)F. The van der Waals surface area contributed by atoms with Crippen molar-refractivity contribution in [2.45, 2.75) is 19.4 Å². The van der Waals surface area contributed by atoms with Crippen LogP contribution in [-0.4, -0.2) is 6.43 Å². The van der Waals surface area contributed by atoms with Crippen molar-refractivity contribution in [3.05, 3.63) is 33.8 Å². The molecule has 0 bridgehead atoms. The van der Waals surface area contributed by atoms with Crippen LogP contribution in [0.4, 0.5) is 8.78 Å². The maximum Gasteiger partial charge on any atom is 0.257 e. The molecule has 1 aromatic rings. The summed E-state index contributed by atoms with van der Waals surface area (Å²) in [4.78, 5) is 0. The lowest BCUT2D eigenvalue weighted by Gasteiger charge is -2.13. The van der Waals surface area contributed by atoms with Crippen molar-refractivity contribution in [3.8, 4) is 0 Å². The van der Waals surface area contributed by atoms with Crippen LogP contribution in [0.1, 0.15) is 17.2 Å². The van der Waals surface area contributed by atoms with E-state index in [0.29, 0.717) is 5.56 Å². The molecule has 4 heteroatoms. The summed E-state index contributed by atoms with van der Waals surface area (Å²) < 4.78 is 25.4. The zero-order valence-corrected chi connectivity index (χ0v) is 8.68. The Kier molecular flexibility index (Phi) is 3.39. The van der Waals surface area contributed by atoms with Crippen LogP contribution in [0.3, 0.4) is 0 Å². The van der Waals surface area contributed by atoms with E-state index in [2.05, 4.69) is 15.9 Å². The molecule has 0 spiro atoms. The molecular weight excluding hydrogens is 240 g/mol. The molecule has 2 N–H and O–H groups in total. The lowest BCUT2D eigenvalue weighted by molar-refractivity contribution is 0.116. The Morgan fingerprint density at radius 3 is 2.46 bits per heavy atom. The summed E-state index contributed by atoms with van der Waals surface area (Å²) in [5, 5.41) is 0. The fourth-order valence-corrected chi connectivity index (χ4v) is 1.62. The van der Waals surface area contributed by atoms with E-state index in [1.165, 1.54) is 0 Å². The average molecular weight is 250 g/mol. The second-order valence-corrected chi connectivity index (χ2v) is 3.78. The lowest BCUT2D eigenvalue weighted by Crippen LogP contribution is -2.19. The predicted molar refractivity (Wildman–Crippen MR) is 51.8 cm³/mol. The second-order valence-electron chi connectivity index (χ2n) is 2.86. The van der Waals surface area contributed by atoms with Gasteiger partial charge in [0.2, 0.25) is 0 Å². The largest absolute Gasteiger partial charge is 0.319 e. The molecule has 0 aliphatic heterocycles. The summed E-state index contributed by atoms with van der Waals surface area (Å²) in [5.41, 5.74) is 6.60. The summed E-state index contributed by atoms with van der Waals surface area (Å²) in [6.07, 6.45) is -2.51. The minimum atomic E-state index is -2.51. The molecule has 0 heterocycles. The Morgan fingerprint density at radius 2 is 2.00 bits per heavy atom. The van der Waals surface area contributed by atoms with Crippen molar-refractivity contribution >= 4 is 15.9 Å². The standard InChI is InChI=1S/C9H10BrF2N/c1-5-4-6(10)2-3-7(5)8(13)9(11)12/h2-4,8-9H,13H2,1H3. The summed E-state index contributed by atoms with van der Waals surface area (Å²) in [6.45, 7) is 1.77. The molecular formula is C9H10BrF2N. The zero-order valence-electron chi connectivity index (χ0n) is 7.10. The first-order chi connectivity index (χ1) is 6.02. The Hall–Kier alpha value is -0.480. The molecule has 0 fully saturated rings. The van der Waals surface area contributed by atoms with Crippen LogP contribution in [0.5, 0.6) is 0 Å². The highest BCUT2D eigenvalue weighted by atomic mass is 79.9. The first kappa shape index (κ1) is 10.6. The minimum absolute atomic E-state index is 0.498. The highest BCUT2D eigenvalue weighted by molar-refractivity contribution is 9.10. The monoisotopic (exact) mass is 249 g/mol. The van der Waals surface area contributed by atoms with Crippen LogP contribution < -0.4 is 5.73 Å². The van der Waals surface area contributed by atoms with Crippen LogP contribution in [0.25, 0.3) is 0 Å². The van der Waals surface area contributed by atoms with E-state index in [9.17, 15) is 8.78 Å². The first-order valence-corrected chi connectivity index (χ1v) is 4.61. The molecule has 1 nitrogen and oxygen atoms in total. The van der Waals surface area contributed by atoms with Crippen molar-refractivity contribution in [1.82, 2.24) is 0 Å². The van der Waals surface area contributed by atoms with Gasteiger partial charge in [0.1, 0.15) is 0 Å².